The Morgan fingerprint density at radius 3 is 2.71 bits per heavy atom. The summed E-state index contributed by atoms with van der Waals surface area (Å²) in [4.78, 5) is 18.9. The van der Waals surface area contributed by atoms with E-state index in [2.05, 4.69) is 21.3 Å². The zero-order valence-corrected chi connectivity index (χ0v) is 13.6. The molecule has 1 aliphatic rings. The first-order valence-corrected chi connectivity index (χ1v) is 8.17. The van der Waals surface area contributed by atoms with E-state index in [1.807, 2.05) is 37.3 Å². The van der Waals surface area contributed by atoms with Crippen LogP contribution in [0, 0.1) is 6.92 Å². The third-order valence-corrected chi connectivity index (χ3v) is 4.42. The fourth-order valence-electron chi connectivity index (χ4n) is 3.05. The van der Waals surface area contributed by atoms with Crippen molar-refractivity contribution in [3.63, 3.8) is 0 Å². The van der Waals surface area contributed by atoms with E-state index < -0.39 is 0 Å². The highest BCUT2D eigenvalue weighted by atomic mass is 16.4. The van der Waals surface area contributed by atoms with Gasteiger partial charge in [0, 0.05) is 60.8 Å². The van der Waals surface area contributed by atoms with Crippen LogP contribution in [0.1, 0.15) is 5.69 Å². The van der Waals surface area contributed by atoms with Gasteiger partial charge in [0.15, 0.2) is 0 Å². The standard InChI is InChI=1S/C19H19N3O2/c1-13-2-3-15(12-21-13)17-10-14-4-5-16(11-18(14)24-19(17)23)22-8-6-20-7-9-22/h2-5,10-12,20H,6-9H2,1H3. The average molecular weight is 321 g/mol. The van der Waals surface area contributed by atoms with E-state index >= 15 is 0 Å². The van der Waals surface area contributed by atoms with E-state index in [4.69, 9.17) is 4.42 Å². The lowest BCUT2D eigenvalue weighted by atomic mass is 10.1. The molecule has 1 saturated heterocycles. The van der Waals surface area contributed by atoms with E-state index in [-0.39, 0.29) is 5.63 Å². The van der Waals surface area contributed by atoms with E-state index in [1.54, 1.807) is 6.20 Å². The van der Waals surface area contributed by atoms with Gasteiger partial charge in [0.05, 0.1) is 5.56 Å². The van der Waals surface area contributed by atoms with Crippen LogP contribution < -0.4 is 15.8 Å². The fourth-order valence-corrected chi connectivity index (χ4v) is 3.05. The summed E-state index contributed by atoms with van der Waals surface area (Å²) in [6.07, 6.45) is 1.71. The van der Waals surface area contributed by atoms with Gasteiger partial charge in [0.2, 0.25) is 0 Å². The number of hydrogen-bond acceptors (Lipinski definition) is 5. The average Bonchev–Trinajstić information content (AvgIpc) is 2.62. The molecule has 0 radical (unpaired) electrons. The predicted octanol–water partition coefficient (Wildman–Crippen LogP) is 2.57. The van der Waals surface area contributed by atoms with Crippen LogP contribution in [0.15, 0.2) is 51.8 Å². The van der Waals surface area contributed by atoms with E-state index in [0.717, 1.165) is 48.5 Å². The number of aryl methyl sites for hydroxylation is 1. The zero-order chi connectivity index (χ0) is 16.5. The smallest absolute Gasteiger partial charge is 0.344 e. The molecular weight excluding hydrogens is 302 g/mol. The first-order chi connectivity index (χ1) is 11.7. The molecule has 2 aromatic heterocycles. The molecule has 0 bridgehead atoms. The molecule has 24 heavy (non-hydrogen) atoms. The quantitative estimate of drug-likeness (QED) is 0.735. The molecule has 1 aromatic carbocycles. The molecule has 0 amide bonds. The van der Waals surface area contributed by atoms with Gasteiger partial charge in [0.25, 0.3) is 0 Å². The van der Waals surface area contributed by atoms with Crippen molar-refractivity contribution in [3.05, 3.63) is 58.7 Å². The number of anilines is 1. The maximum absolute atomic E-state index is 12.4. The summed E-state index contributed by atoms with van der Waals surface area (Å²) < 4.78 is 5.58. The number of nitrogens with one attached hydrogen (secondary N) is 1. The molecule has 1 N–H and O–H groups in total. The second-order valence-electron chi connectivity index (χ2n) is 6.09. The summed E-state index contributed by atoms with van der Waals surface area (Å²) >= 11 is 0. The minimum atomic E-state index is -0.328. The molecule has 4 rings (SSSR count). The Morgan fingerprint density at radius 2 is 1.96 bits per heavy atom. The van der Waals surface area contributed by atoms with Gasteiger partial charge in [0.1, 0.15) is 5.58 Å². The molecular formula is C19H19N3O2. The van der Waals surface area contributed by atoms with Crippen molar-refractivity contribution in [2.75, 3.05) is 31.1 Å². The van der Waals surface area contributed by atoms with Gasteiger partial charge in [-0.25, -0.2) is 4.79 Å². The van der Waals surface area contributed by atoms with Crippen molar-refractivity contribution in [1.29, 1.82) is 0 Å². The van der Waals surface area contributed by atoms with Crippen molar-refractivity contribution < 1.29 is 4.42 Å². The first kappa shape index (κ1) is 14.9. The highest BCUT2D eigenvalue weighted by Gasteiger charge is 2.13. The maximum Gasteiger partial charge on any atom is 0.344 e. The Labute approximate surface area is 139 Å². The summed E-state index contributed by atoms with van der Waals surface area (Å²) in [5, 5.41) is 4.26. The second-order valence-corrected chi connectivity index (χ2v) is 6.09. The third kappa shape index (κ3) is 2.78. The van der Waals surface area contributed by atoms with Crippen LogP contribution in [-0.2, 0) is 0 Å². The maximum atomic E-state index is 12.4. The van der Waals surface area contributed by atoms with Gasteiger partial charge in [-0.2, -0.15) is 0 Å². The Bertz CT molecular complexity index is 925. The zero-order valence-electron chi connectivity index (χ0n) is 13.6. The number of rotatable bonds is 2. The molecule has 0 atom stereocenters. The van der Waals surface area contributed by atoms with Gasteiger partial charge in [-0.1, -0.05) is 6.07 Å². The summed E-state index contributed by atoms with van der Waals surface area (Å²) in [7, 11) is 0. The summed E-state index contributed by atoms with van der Waals surface area (Å²) in [5.41, 5.74) is 3.64. The van der Waals surface area contributed by atoms with Crippen LogP contribution >= 0.6 is 0 Å². The number of benzene rings is 1. The Hall–Kier alpha value is -2.66. The van der Waals surface area contributed by atoms with E-state index in [1.165, 1.54) is 0 Å². The predicted molar refractivity (Wildman–Crippen MR) is 95.5 cm³/mol. The number of nitrogens with zero attached hydrogens (tertiary/aromatic N) is 2. The highest BCUT2D eigenvalue weighted by Crippen LogP contribution is 2.25. The van der Waals surface area contributed by atoms with Gasteiger partial charge < -0.3 is 14.6 Å². The Kier molecular flexibility index (Phi) is 3.78. The lowest BCUT2D eigenvalue weighted by Crippen LogP contribution is -2.43. The lowest BCUT2D eigenvalue weighted by molar-refractivity contribution is 0.561. The molecule has 1 aliphatic heterocycles. The van der Waals surface area contributed by atoms with Crippen LogP contribution in [0.5, 0.6) is 0 Å². The Morgan fingerprint density at radius 1 is 1.12 bits per heavy atom. The van der Waals surface area contributed by atoms with Crippen LogP contribution in [-0.4, -0.2) is 31.2 Å². The normalized spacial score (nSPS) is 15.0. The van der Waals surface area contributed by atoms with Gasteiger partial charge in [-0.15, -0.1) is 0 Å². The minimum Gasteiger partial charge on any atom is -0.422 e. The van der Waals surface area contributed by atoms with Crippen molar-refractivity contribution in [2.45, 2.75) is 6.92 Å². The van der Waals surface area contributed by atoms with Crippen LogP contribution in [0.25, 0.3) is 22.1 Å². The molecule has 3 aromatic rings. The topological polar surface area (TPSA) is 58.4 Å². The lowest BCUT2D eigenvalue weighted by Gasteiger charge is -2.29. The van der Waals surface area contributed by atoms with Gasteiger partial charge >= 0.3 is 5.63 Å². The third-order valence-electron chi connectivity index (χ3n) is 4.42. The molecule has 0 aliphatic carbocycles. The molecule has 0 spiro atoms. The van der Waals surface area contributed by atoms with Crippen molar-refractivity contribution >= 4 is 16.7 Å². The number of pyridine rings is 1. The van der Waals surface area contributed by atoms with Crippen molar-refractivity contribution in [1.82, 2.24) is 10.3 Å². The second kappa shape index (κ2) is 6.09. The van der Waals surface area contributed by atoms with Gasteiger partial charge in [-0.3, -0.25) is 4.98 Å². The fraction of sp³-hybridized carbons (Fsp3) is 0.263. The van der Waals surface area contributed by atoms with E-state index in [0.29, 0.717) is 11.1 Å². The Balaban J connectivity index is 1.76. The monoisotopic (exact) mass is 321 g/mol. The summed E-state index contributed by atoms with van der Waals surface area (Å²) in [5.74, 6) is 0. The van der Waals surface area contributed by atoms with Crippen molar-refractivity contribution in [2.24, 2.45) is 0 Å². The molecule has 3 heterocycles. The summed E-state index contributed by atoms with van der Waals surface area (Å²) in [6, 6.07) is 11.7. The number of hydrogen-bond donors (Lipinski definition) is 1. The molecule has 1 fully saturated rings. The van der Waals surface area contributed by atoms with Crippen molar-refractivity contribution in [3.8, 4) is 11.1 Å². The SMILES string of the molecule is Cc1ccc(-c2cc3ccc(N4CCNCC4)cc3oc2=O)cn1. The first-order valence-electron chi connectivity index (χ1n) is 8.17. The number of aromatic nitrogens is 1. The number of piperazine rings is 1. The molecule has 5 nitrogen and oxygen atoms in total. The van der Waals surface area contributed by atoms with Crippen LogP contribution in [0.2, 0.25) is 0 Å². The van der Waals surface area contributed by atoms with Crippen LogP contribution in [0.3, 0.4) is 0 Å². The molecule has 0 unspecified atom stereocenters. The minimum absolute atomic E-state index is 0.328. The van der Waals surface area contributed by atoms with Crippen LogP contribution in [0.4, 0.5) is 5.69 Å². The highest BCUT2D eigenvalue weighted by molar-refractivity contribution is 5.84. The largest absolute Gasteiger partial charge is 0.422 e. The molecule has 122 valence electrons. The van der Waals surface area contributed by atoms with Gasteiger partial charge in [-0.05, 0) is 31.2 Å². The van der Waals surface area contributed by atoms with E-state index in [9.17, 15) is 4.79 Å². The molecule has 5 heteroatoms. The summed E-state index contributed by atoms with van der Waals surface area (Å²) in [6.45, 7) is 5.79. The number of fused-ring (bicyclic) bond motifs is 1. The molecule has 0 saturated carbocycles.